The van der Waals surface area contributed by atoms with Crippen LogP contribution in [0.2, 0.25) is 0 Å². The lowest BCUT2D eigenvalue weighted by Crippen LogP contribution is -2.24. The van der Waals surface area contributed by atoms with Crippen molar-refractivity contribution in [2.45, 2.75) is 26.0 Å². The molecule has 0 bridgehead atoms. The minimum Gasteiger partial charge on any atom is -0.490 e. The smallest absolute Gasteiger partial charge is 0.134 e. The topological polar surface area (TPSA) is 47.3 Å². The lowest BCUT2D eigenvalue weighted by Gasteiger charge is -2.16. The molecule has 0 saturated carbocycles. The molecule has 0 aliphatic heterocycles. The zero-order valence-electron chi connectivity index (χ0n) is 15.1. The molecule has 0 aliphatic rings. The van der Waals surface area contributed by atoms with E-state index in [1.807, 2.05) is 54.6 Å². The van der Waals surface area contributed by atoms with E-state index < -0.39 is 6.10 Å². The molecule has 1 N–H and O–H groups in total. The van der Waals surface area contributed by atoms with Crippen LogP contribution in [0.4, 0.5) is 0 Å². The van der Waals surface area contributed by atoms with E-state index in [0.717, 1.165) is 44.3 Å². The summed E-state index contributed by atoms with van der Waals surface area (Å²) in [5.74, 6) is 1.71. The maximum Gasteiger partial charge on any atom is 0.134 e. The van der Waals surface area contributed by atoms with Crippen molar-refractivity contribution in [2.24, 2.45) is 0 Å². The van der Waals surface area contributed by atoms with Gasteiger partial charge in [-0.05, 0) is 44.9 Å². The van der Waals surface area contributed by atoms with E-state index in [4.69, 9.17) is 4.74 Å². The summed E-state index contributed by atoms with van der Waals surface area (Å²) in [6.45, 7) is 2.74. The molecule has 0 saturated heterocycles. The molecular formula is C22H21BrN2O2. The Bertz CT molecular complexity index is 1090. The summed E-state index contributed by atoms with van der Waals surface area (Å²) in [4.78, 5) is 4.65. The van der Waals surface area contributed by atoms with Gasteiger partial charge in [0.1, 0.15) is 24.3 Å². The van der Waals surface area contributed by atoms with Crippen molar-refractivity contribution in [1.82, 2.24) is 9.55 Å². The third kappa shape index (κ3) is 3.57. The van der Waals surface area contributed by atoms with Crippen molar-refractivity contribution in [3.63, 3.8) is 0 Å². The predicted molar refractivity (Wildman–Crippen MR) is 112 cm³/mol. The standard InChI is InChI=1S/C22H21BrN2O2/c1-2-21-24-18-9-5-6-10-19(18)25(21)13-16(26)14-27-20-12-11-15-7-3-4-8-17(15)22(20)23/h3-12,16,26H,2,13-14H2,1H3/t16-/m0/s1. The van der Waals surface area contributed by atoms with Crippen LogP contribution in [0.1, 0.15) is 12.7 Å². The lowest BCUT2D eigenvalue weighted by molar-refractivity contribution is 0.0925. The van der Waals surface area contributed by atoms with Crippen LogP contribution in [0.25, 0.3) is 21.8 Å². The maximum absolute atomic E-state index is 10.6. The van der Waals surface area contributed by atoms with Crippen molar-refractivity contribution in [1.29, 1.82) is 0 Å². The number of hydrogen-bond acceptors (Lipinski definition) is 3. The van der Waals surface area contributed by atoms with Crippen LogP contribution < -0.4 is 4.74 Å². The molecule has 3 aromatic carbocycles. The van der Waals surface area contributed by atoms with E-state index in [9.17, 15) is 5.11 Å². The number of rotatable bonds is 6. The van der Waals surface area contributed by atoms with Gasteiger partial charge in [-0.2, -0.15) is 0 Å². The van der Waals surface area contributed by atoms with Gasteiger partial charge in [-0.15, -0.1) is 0 Å². The first-order valence-corrected chi connectivity index (χ1v) is 9.89. The molecule has 0 unspecified atom stereocenters. The highest BCUT2D eigenvalue weighted by Gasteiger charge is 2.14. The quantitative estimate of drug-likeness (QED) is 0.475. The number of ether oxygens (including phenoxy) is 1. The molecule has 4 aromatic rings. The van der Waals surface area contributed by atoms with Gasteiger partial charge in [-0.25, -0.2) is 4.98 Å². The minimum atomic E-state index is -0.633. The number of benzene rings is 3. The first-order valence-electron chi connectivity index (χ1n) is 9.09. The number of aryl methyl sites for hydroxylation is 1. The number of hydrogen-bond donors (Lipinski definition) is 1. The third-order valence-electron chi connectivity index (χ3n) is 4.70. The fraction of sp³-hybridized carbons (Fsp3) is 0.227. The van der Waals surface area contributed by atoms with E-state index in [1.54, 1.807) is 0 Å². The molecule has 0 aliphatic carbocycles. The largest absolute Gasteiger partial charge is 0.490 e. The molecule has 138 valence electrons. The van der Waals surface area contributed by atoms with Crippen molar-refractivity contribution < 1.29 is 9.84 Å². The van der Waals surface area contributed by atoms with Gasteiger partial charge in [0.05, 0.1) is 22.1 Å². The molecule has 4 rings (SSSR count). The molecule has 1 atom stereocenters. The second kappa shape index (κ2) is 7.71. The molecule has 4 nitrogen and oxygen atoms in total. The average molecular weight is 425 g/mol. The molecule has 0 spiro atoms. The summed E-state index contributed by atoms with van der Waals surface area (Å²) in [5, 5.41) is 12.8. The molecule has 5 heteroatoms. The van der Waals surface area contributed by atoms with Gasteiger partial charge in [-0.1, -0.05) is 49.4 Å². The Morgan fingerprint density at radius 2 is 1.85 bits per heavy atom. The van der Waals surface area contributed by atoms with Crippen molar-refractivity contribution in [2.75, 3.05) is 6.61 Å². The second-order valence-corrected chi connectivity index (χ2v) is 7.34. The minimum absolute atomic E-state index is 0.215. The lowest BCUT2D eigenvalue weighted by atomic mass is 10.1. The fourth-order valence-electron chi connectivity index (χ4n) is 3.37. The summed E-state index contributed by atoms with van der Waals surface area (Å²) >= 11 is 3.63. The Hall–Kier alpha value is -2.37. The highest BCUT2D eigenvalue weighted by molar-refractivity contribution is 9.10. The number of halogens is 1. The number of nitrogens with zero attached hydrogens (tertiary/aromatic N) is 2. The van der Waals surface area contributed by atoms with E-state index in [-0.39, 0.29) is 6.61 Å². The van der Waals surface area contributed by atoms with Crippen LogP contribution in [0, 0.1) is 0 Å². The summed E-state index contributed by atoms with van der Waals surface area (Å²) in [5.41, 5.74) is 2.00. The van der Waals surface area contributed by atoms with E-state index in [1.165, 1.54) is 0 Å². The van der Waals surface area contributed by atoms with Gasteiger partial charge >= 0.3 is 0 Å². The highest BCUT2D eigenvalue weighted by Crippen LogP contribution is 2.33. The third-order valence-corrected chi connectivity index (χ3v) is 5.52. The molecule has 1 aromatic heterocycles. The second-order valence-electron chi connectivity index (χ2n) is 6.54. The van der Waals surface area contributed by atoms with Gasteiger partial charge in [0.2, 0.25) is 0 Å². The van der Waals surface area contributed by atoms with Gasteiger partial charge < -0.3 is 14.4 Å². The Morgan fingerprint density at radius 3 is 2.70 bits per heavy atom. The summed E-state index contributed by atoms with van der Waals surface area (Å²) in [6.07, 6.45) is 0.185. The number of imidazole rings is 1. The van der Waals surface area contributed by atoms with E-state index in [2.05, 4.69) is 38.5 Å². The van der Waals surface area contributed by atoms with Crippen LogP contribution >= 0.6 is 15.9 Å². The first kappa shape index (κ1) is 18.0. The number of aliphatic hydroxyl groups excluding tert-OH is 1. The van der Waals surface area contributed by atoms with Gasteiger partial charge in [0.15, 0.2) is 0 Å². The maximum atomic E-state index is 10.6. The van der Waals surface area contributed by atoms with Crippen LogP contribution in [-0.4, -0.2) is 27.4 Å². The van der Waals surface area contributed by atoms with Crippen LogP contribution in [-0.2, 0) is 13.0 Å². The van der Waals surface area contributed by atoms with Crippen molar-refractivity contribution in [3.05, 3.63) is 71.0 Å². The summed E-state index contributed by atoms with van der Waals surface area (Å²) in [6, 6.07) is 20.1. The normalized spacial score (nSPS) is 12.6. The fourth-order valence-corrected chi connectivity index (χ4v) is 3.98. The molecule has 1 heterocycles. The highest BCUT2D eigenvalue weighted by atomic mass is 79.9. The van der Waals surface area contributed by atoms with Crippen LogP contribution in [0.5, 0.6) is 5.75 Å². The average Bonchev–Trinajstić information content (AvgIpc) is 3.05. The van der Waals surface area contributed by atoms with Crippen molar-refractivity contribution in [3.8, 4) is 5.75 Å². The Kier molecular flexibility index (Phi) is 5.14. The Labute approximate surface area is 166 Å². The number of aromatic nitrogens is 2. The van der Waals surface area contributed by atoms with Gasteiger partial charge in [0.25, 0.3) is 0 Å². The number of fused-ring (bicyclic) bond motifs is 2. The van der Waals surface area contributed by atoms with E-state index in [0.29, 0.717) is 6.54 Å². The van der Waals surface area contributed by atoms with Gasteiger partial charge in [0, 0.05) is 6.42 Å². The molecule has 27 heavy (non-hydrogen) atoms. The van der Waals surface area contributed by atoms with Gasteiger partial charge in [-0.3, -0.25) is 0 Å². The zero-order chi connectivity index (χ0) is 18.8. The Morgan fingerprint density at radius 1 is 1.07 bits per heavy atom. The Balaban J connectivity index is 1.51. The molecule has 0 amide bonds. The van der Waals surface area contributed by atoms with Crippen LogP contribution in [0.15, 0.2) is 65.1 Å². The summed E-state index contributed by atoms with van der Waals surface area (Å²) < 4.78 is 8.90. The summed E-state index contributed by atoms with van der Waals surface area (Å²) in [7, 11) is 0. The number of aliphatic hydroxyl groups is 1. The number of para-hydroxylation sites is 2. The monoisotopic (exact) mass is 424 g/mol. The SMILES string of the molecule is CCc1nc2ccccc2n1C[C@H](O)COc1ccc2ccccc2c1Br. The first-order chi connectivity index (χ1) is 13.2. The molecular weight excluding hydrogens is 404 g/mol. The zero-order valence-corrected chi connectivity index (χ0v) is 16.7. The van der Waals surface area contributed by atoms with Crippen LogP contribution in [0.3, 0.4) is 0 Å². The van der Waals surface area contributed by atoms with Crippen molar-refractivity contribution >= 4 is 37.7 Å². The molecule has 0 fully saturated rings. The predicted octanol–water partition coefficient (Wildman–Crippen LogP) is 4.95. The molecule has 0 radical (unpaired) electrons. The van der Waals surface area contributed by atoms with E-state index >= 15 is 0 Å².